The molecule has 0 fully saturated rings. The third kappa shape index (κ3) is 2.91. The SMILES string of the molecule is CN(C)Cc1ccccc1Sc1c[nH]c2cccc(O)c12. The monoisotopic (exact) mass is 298 g/mol. The van der Waals surface area contributed by atoms with Crippen LogP contribution < -0.4 is 0 Å². The zero-order valence-electron chi connectivity index (χ0n) is 12.1. The zero-order valence-corrected chi connectivity index (χ0v) is 12.9. The minimum absolute atomic E-state index is 0.321. The minimum atomic E-state index is 0.321. The average molecular weight is 298 g/mol. The molecule has 3 aromatic rings. The fraction of sp³-hybridized carbons (Fsp3) is 0.176. The Bertz CT molecular complexity index is 764. The molecular weight excluding hydrogens is 280 g/mol. The van der Waals surface area contributed by atoms with Crippen LogP contribution in [0.15, 0.2) is 58.5 Å². The molecular formula is C17H18N2OS. The van der Waals surface area contributed by atoms with E-state index in [1.807, 2.05) is 18.3 Å². The van der Waals surface area contributed by atoms with Crippen LogP contribution in [0.25, 0.3) is 10.9 Å². The van der Waals surface area contributed by atoms with E-state index >= 15 is 0 Å². The lowest BCUT2D eigenvalue weighted by molar-refractivity contribution is 0.399. The number of phenols is 1. The second-order valence-corrected chi connectivity index (χ2v) is 6.38. The highest BCUT2D eigenvalue weighted by molar-refractivity contribution is 7.99. The lowest BCUT2D eigenvalue weighted by atomic mass is 10.2. The third-order valence-electron chi connectivity index (χ3n) is 3.33. The third-order valence-corrected chi connectivity index (χ3v) is 4.49. The summed E-state index contributed by atoms with van der Waals surface area (Å²) in [5.74, 6) is 0.321. The van der Waals surface area contributed by atoms with Crippen molar-refractivity contribution in [2.24, 2.45) is 0 Å². The van der Waals surface area contributed by atoms with Gasteiger partial charge in [-0.2, -0.15) is 0 Å². The van der Waals surface area contributed by atoms with Crippen molar-refractivity contribution in [1.29, 1.82) is 0 Å². The Morgan fingerprint density at radius 3 is 2.67 bits per heavy atom. The Kier molecular flexibility index (Phi) is 3.90. The number of fused-ring (bicyclic) bond motifs is 1. The van der Waals surface area contributed by atoms with Crippen LogP contribution in [-0.2, 0) is 6.54 Å². The summed E-state index contributed by atoms with van der Waals surface area (Å²) in [7, 11) is 4.14. The summed E-state index contributed by atoms with van der Waals surface area (Å²) in [4.78, 5) is 7.65. The molecule has 0 aliphatic heterocycles. The van der Waals surface area contributed by atoms with E-state index in [4.69, 9.17) is 0 Å². The van der Waals surface area contributed by atoms with Gasteiger partial charge in [0.15, 0.2) is 0 Å². The Labute approximate surface area is 128 Å². The standard InChI is InChI=1S/C17H18N2OS/c1-19(2)11-12-6-3-4-9-15(12)21-16-10-18-13-7-5-8-14(20)17(13)16/h3-10,18,20H,11H2,1-2H3. The molecule has 0 radical (unpaired) electrons. The molecule has 3 nitrogen and oxygen atoms in total. The largest absolute Gasteiger partial charge is 0.507 e. The number of rotatable bonds is 4. The van der Waals surface area contributed by atoms with Crippen LogP contribution in [0.1, 0.15) is 5.56 Å². The topological polar surface area (TPSA) is 39.3 Å². The molecule has 0 bridgehead atoms. The number of hydrogen-bond donors (Lipinski definition) is 2. The normalized spacial score (nSPS) is 11.4. The van der Waals surface area contributed by atoms with Crippen molar-refractivity contribution in [3.05, 3.63) is 54.2 Å². The number of benzene rings is 2. The predicted octanol–water partition coefficient (Wildman–Crippen LogP) is 4.09. The molecule has 2 aromatic carbocycles. The molecule has 0 saturated carbocycles. The van der Waals surface area contributed by atoms with Gasteiger partial charge in [-0.15, -0.1) is 0 Å². The fourth-order valence-electron chi connectivity index (χ4n) is 2.41. The summed E-state index contributed by atoms with van der Waals surface area (Å²) >= 11 is 1.69. The van der Waals surface area contributed by atoms with Gasteiger partial charge < -0.3 is 15.0 Å². The van der Waals surface area contributed by atoms with Gasteiger partial charge >= 0.3 is 0 Å². The zero-order chi connectivity index (χ0) is 14.8. The van der Waals surface area contributed by atoms with Gasteiger partial charge in [0.1, 0.15) is 5.75 Å². The Morgan fingerprint density at radius 2 is 1.86 bits per heavy atom. The van der Waals surface area contributed by atoms with Gasteiger partial charge in [-0.25, -0.2) is 0 Å². The molecule has 1 heterocycles. The first-order valence-corrected chi connectivity index (χ1v) is 7.66. The molecule has 0 unspecified atom stereocenters. The molecule has 1 aromatic heterocycles. The first-order valence-electron chi connectivity index (χ1n) is 6.84. The van der Waals surface area contributed by atoms with Crippen LogP contribution in [0.5, 0.6) is 5.75 Å². The number of phenolic OH excluding ortho intramolecular Hbond substituents is 1. The van der Waals surface area contributed by atoms with Gasteiger partial charge in [-0.05, 0) is 37.9 Å². The molecule has 4 heteroatoms. The number of nitrogens with zero attached hydrogens (tertiary/aromatic N) is 1. The van der Waals surface area contributed by atoms with E-state index in [0.29, 0.717) is 5.75 Å². The number of hydrogen-bond acceptors (Lipinski definition) is 3. The van der Waals surface area contributed by atoms with Crippen LogP contribution in [0, 0.1) is 0 Å². The minimum Gasteiger partial charge on any atom is -0.507 e. The predicted molar refractivity (Wildman–Crippen MR) is 87.9 cm³/mol. The van der Waals surface area contributed by atoms with E-state index in [0.717, 1.165) is 22.3 Å². The van der Waals surface area contributed by atoms with Gasteiger partial charge in [0.2, 0.25) is 0 Å². The Hall–Kier alpha value is -1.91. The molecule has 21 heavy (non-hydrogen) atoms. The molecule has 0 aliphatic carbocycles. The van der Waals surface area contributed by atoms with Crippen LogP contribution in [0.3, 0.4) is 0 Å². The maximum absolute atomic E-state index is 10.1. The maximum atomic E-state index is 10.1. The van der Waals surface area contributed by atoms with Crippen LogP contribution >= 0.6 is 11.8 Å². The van der Waals surface area contributed by atoms with Crippen LogP contribution in [0.4, 0.5) is 0 Å². The van der Waals surface area contributed by atoms with Crippen molar-refractivity contribution in [2.75, 3.05) is 14.1 Å². The molecule has 3 rings (SSSR count). The van der Waals surface area contributed by atoms with Gasteiger partial charge in [0, 0.05) is 22.5 Å². The molecule has 0 aliphatic rings. The van der Waals surface area contributed by atoms with Crippen molar-refractivity contribution in [1.82, 2.24) is 9.88 Å². The molecule has 108 valence electrons. The Morgan fingerprint density at radius 1 is 1.05 bits per heavy atom. The second-order valence-electron chi connectivity index (χ2n) is 5.30. The highest BCUT2D eigenvalue weighted by Gasteiger charge is 2.11. The summed E-state index contributed by atoms with van der Waals surface area (Å²) in [6, 6.07) is 13.9. The first kappa shape index (κ1) is 14.0. The van der Waals surface area contributed by atoms with Crippen molar-refractivity contribution in [2.45, 2.75) is 16.3 Å². The summed E-state index contributed by atoms with van der Waals surface area (Å²) in [5.41, 5.74) is 2.25. The summed E-state index contributed by atoms with van der Waals surface area (Å²) in [5, 5.41) is 11.0. The second kappa shape index (κ2) is 5.84. The van der Waals surface area contributed by atoms with Crippen molar-refractivity contribution >= 4 is 22.7 Å². The highest BCUT2D eigenvalue weighted by Crippen LogP contribution is 2.39. The van der Waals surface area contributed by atoms with Crippen LogP contribution in [-0.4, -0.2) is 29.1 Å². The van der Waals surface area contributed by atoms with Gasteiger partial charge in [0.25, 0.3) is 0 Å². The van der Waals surface area contributed by atoms with Crippen LogP contribution in [0.2, 0.25) is 0 Å². The van der Waals surface area contributed by atoms with E-state index in [1.54, 1.807) is 17.8 Å². The fourth-order valence-corrected chi connectivity index (χ4v) is 3.49. The average Bonchev–Trinajstić information content (AvgIpc) is 2.85. The lowest BCUT2D eigenvalue weighted by Gasteiger charge is -2.13. The number of aromatic hydroxyl groups is 1. The first-order chi connectivity index (χ1) is 10.1. The Balaban J connectivity index is 1.99. The maximum Gasteiger partial charge on any atom is 0.126 e. The summed E-state index contributed by atoms with van der Waals surface area (Å²) in [6.45, 7) is 0.900. The number of nitrogens with one attached hydrogen (secondary N) is 1. The van der Waals surface area contributed by atoms with E-state index in [1.165, 1.54) is 10.5 Å². The van der Waals surface area contributed by atoms with Crippen molar-refractivity contribution in [3.63, 3.8) is 0 Å². The number of aromatic amines is 1. The molecule has 0 spiro atoms. The molecule has 0 atom stereocenters. The van der Waals surface area contributed by atoms with Crippen molar-refractivity contribution in [3.8, 4) is 5.75 Å². The van der Waals surface area contributed by atoms with Gasteiger partial charge in [0.05, 0.1) is 10.9 Å². The molecule has 2 N–H and O–H groups in total. The lowest BCUT2D eigenvalue weighted by Crippen LogP contribution is -2.11. The number of H-pyrrole nitrogens is 1. The van der Waals surface area contributed by atoms with E-state index < -0.39 is 0 Å². The van der Waals surface area contributed by atoms with E-state index in [2.05, 4.69) is 48.2 Å². The van der Waals surface area contributed by atoms with Gasteiger partial charge in [-0.3, -0.25) is 0 Å². The molecule has 0 amide bonds. The quantitative estimate of drug-likeness (QED) is 0.762. The summed E-state index contributed by atoms with van der Waals surface area (Å²) < 4.78 is 0. The number of aromatic nitrogens is 1. The van der Waals surface area contributed by atoms with Gasteiger partial charge in [-0.1, -0.05) is 36.0 Å². The smallest absolute Gasteiger partial charge is 0.126 e. The molecule has 0 saturated heterocycles. The highest BCUT2D eigenvalue weighted by atomic mass is 32.2. The van der Waals surface area contributed by atoms with E-state index in [9.17, 15) is 5.11 Å². The van der Waals surface area contributed by atoms with E-state index in [-0.39, 0.29) is 0 Å². The summed E-state index contributed by atoms with van der Waals surface area (Å²) in [6.07, 6.45) is 1.96. The van der Waals surface area contributed by atoms with Crippen molar-refractivity contribution < 1.29 is 5.11 Å².